The standard InChI is InChI=1S/C18H18BrFN2O3S/c1-11-7-14-8-15(19)9-17(18(14)22(11)12(2)23)26(24,25)21-10-13-3-5-16(20)6-4-13/h3-6,8-9,11,21H,7,10H2,1-2H3/t11-/m1/s1. The van der Waals surface area contributed by atoms with Crippen LogP contribution >= 0.6 is 15.9 Å². The Kier molecular flexibility index (Phi) is 5.18. The van der Waals surface area contributed by atoms with Gasteiger partial charge in [-0.15, -0.1) is 0 Å². The van der Waals surface area contributed by atoms with E-state index in [4.69, 9.17) is 0 Å². The van der Waals surface area contributed by atoms with E-state index in [-0.39, 0.29) is 29.2 Å². The van der Waals surface area contributed by atoms with Crippen molar-refractivity contribution in [1.82, 2.24) is 4.72 Å². The number of hydrogen-bond acceptors (Lipinski definition) is 3. The molecule has 0 saturated carbocycles. The molecule has 0 saturated heterocycles. The molecule has 0 unspecified atom stereocenters. The molecule has 5 nitrogen and oxygen atoms in total. The molecule has 1 heterocycles. The molecule has 8 heteroatoms. The van der Waals surface area contributed by atoms with Gasteiger partial charge in [-0.1, -0.05) is 28.1 Å². The third kappa shape index (κ3) is 3.67. The van der Waals surface area contributed by atoms with Gasteiger partial charge in [-0.3, -0.25) is 4.79 Å². The summed E-state index contributed by atoms with van der Waals surface area (Å²) < 4.78 is 42.0. The lowest BCUT2D eigenvalue weighted by Crippen LogP contribution is -2.35. The number of benzene rings is 2. The van der Waals surface area contributed by atoms with Crippen molar-refractivity contribution in [1.29, 1.82) is 0 Å². The third-order valence-electron chi connectivity index (χ3n) is 4.32. The molecule has 1 amide bonds. The first-order chi connectivity index (χ1) is 12.2. The molecular weight excluding hydrogens is 423 g/mol. The number of amides is 1. The fourth-order valence-corrected chi connectivity index (χ4v) is 5.15. The van der Waals surface area contributed by atoms with Crippen LogP contribution in [0.25, 0.3) is 0 Å². The van der Waals surface area contributed by atoms with Gasteiger partial charge in [0, 0.05) is 24.0 Å². The van der Waals surface area contributed by atoms with Crippen LogP contribution in [0.5, 0.6) is 0 Å². The number of sulfonamides is 1. The van der Waals surface area contributed by atoms with Crippen LogP contribution in [0.1, 0.15) is 25.0 Å². The first-order valence-corrected chi connectivity index (χ1v) is 10.3. The lowest BCUT2D eigenvalue weighted by molar-refractivity contribution is -0.116. The molecule has 0 bridgehead atoms. The predicted molar refractivity (Wildman–Crippen MR) is 101 cm³/mol. The Hall–Kier alpha value is -1.77. The van der Waals surface area contributed by atoms with Crippen LogP contribution in [-0.4, -0.2) is 20.4 Å². The van der Waals surface area contributed by atoms with E-state index in [1.165, 1.54) is 42.2 Å². The van der Waals surface area contributed by atoms with Crippen LogP contribution in [0.2, 0.25) is 0 Å². The van der Waals surface area contributed by atoms with Gasteiger partial charge in [0.15, 0.2) is 0 Å². The molecule has 0 fully saturated rings. The van der Waals surface area contributed by atoms with E-state index in [1.54, 1.807) is 0 Å². The molecule has 1 aliphatic heterocycles. The molecule has 2 aromatic rings. The molecule has 0 aliphatic carbocycles. The number of fused-ring (bicyclic) bond motifs is 1. The van der Waals surface area contributed by atoms with Crippen molar-refractivity contribution in [2.75, 3.05) is 4.90 Å². The average Bonchev–Trinajstić information content (AvgIpc) is 2.89. The molecule has 3 rings (SSSR count). The summed E-state index contributed by atoms with van der Waals surface area (Å²) in [6.07, 6.45) is 0.592. The van der Waals surface area contributed by atoms with E-state index in [9.17, 15) is 17.6 Å². The smallest absolute Gasteiger partial charge is 0.242 e. The largest absolute Gasteiger partial charge is 0.308 e. The van der Waals surface area contributed by atoms with Gasteiger partial charge < -0.3 is 4.90 Å². The number of nitrogens with one attached hydrogen (secondary N) is 1. The van der Waals surface area contributed by atoms with Gasteiger partial charge >= 0.3 is 0 Å². The molecule has 1 aliphatic rings. The van der Waals surface area contributed by atoms with Crippen molar-refractivity contribution < 1.29 is 17.6 Å². The Balaban J connectivity index is 1.98. The van der Waals surface area contributed by atoms with Gasteiger partial charge in [0.2, 0.25) is 15.9 Å². The maximum absolute atomic E-state index is 13.0. The van der Waals surface area contributed by atoms with Crippen molar-refractivity contribution in [2.45, 2.75) is 37.8 Å². The van der Waals surface area contributed by atoms with Crippen molar-refractivity contribution in [3.63, 3.8) is 0 Å². The number of halogens is 2. The van der Waals surface area contributed by atoms with Crippen molar-refractivity contribution in [3.8, 4) is 0 Å². The van der Waals surface area contributed by atoms with Gasteiger partial charge in [-0.05, 0) is 48.7 Å². The number of hydrogen-bond donors (Lipinski definition) is 1. The SMILES string of the molecule is CC(=O)N1c2c(cc(Br)cc2S(=O)(=O)NCc2ccc(F)cc2)C[C@H]1C. The maximum atomic E-state index is 13.0. The zero-order valence-corrected chi connectivity index (χ0v) is 16.7. The fraction of sp³-hybridized carbons (Fsp3) is 0.278. The Bertz CT molecular complexity index is 961. The van der Waals surface area contributed by atoms with Crippen LogP contribution in [-0.2, 0) is 27.8 Å². The van der Waals surface area contributed by atoms with E-state index in [0.29, 0.717) is 22.1 Å². The molecule has 0 spiro atoms. The topological polar surface area (TPSA) is 66.5 Å². The van der Waals surface area contributed by atoms with Crippen molar-refractivity contribution >= 4 is 37.5 Å². The van der Waals surface area contributed by atoms with E-state index in [0.717, 1.165) is 5.56 Å². The summed E-state index contributed by atoms with van der Waals surface area (Å²) in [5.41, 5.74) is 1.88. The number of carbonyl (C=O) groups is 1. The maximum Gasteiger partial charge on any atom is 0.242 e. The molecule has 0 radical (unpaired) electrons. The summed E-state index contributed by atoms with van der Waals surface area (Å²) in [6, 6.07) is 8.83. The monoisotopic (exact) mass is 440 g/mol. The number of carbonyl (C=O) groups excluding carboxylic acids is 1. The highest BCUT2D eigenvalue weighted by molar-refractivity contribution is 9.10. The lowest BCUT2D eigenvalue weighted by Gasteiger charge is -2.23. The number of rotatable bonds is 4. The number of anilines is 1. The third-order valence-corrected chi connectivity index (χ3v) is 6.20. The molecular formula is C18H18BrFN2O3S. The lowest BCUT2D eigenvalue weighted by atomic mass is 10.1. The summed E-state index contributed by atoms with van der Waals surface area (Å²) in [5, 5.41) is 0. The van der Waals surface area contributed by atoms with Crippen LogP contribution < -0.4 is 9.62 Å². The summed E-state index contributed by atoms with van der Waals surface area (Å²) in [6.45, 7) is 3.34. The summed E-state index contributed by atoms with van der Waals surface area (Å²) in [4.78, 5) is 13.6. The van der Waals surface area contributed by atoms with Gasteiger partial charge in [0.1, 0.15) is 10.7 Å². The zero-order chi connectivity index (χ0) is 19.1. The van der Waals surface area contributed by atoms with E-state index in [2.05, 4.69) is 20.7 Å². The predicted octanol–water partition coefficient (Wildman–Crippen LogP) is 3.36. The van der Waals surface area contributed by atoms with E-state index in [1.807, 2.05) is 13.0 Å². The first kappa shape index (κ1) is 19.0. The zero-order valence-electron chi connectivity index (χ0n) is 14.3. The molecule has 2 aromatic carbocycles. The first-order valence-electron chi connectivity index (χ1n) is 8.05. The molecule has 1 N–H and O–H groups in total. The van der Waals surface area contributed by atoms with Gasteiger partial charge in [0.25, 0.3) is 0 Å². The Morgan fingerprint density at radius 2 is 1.96 bits per heavy atom. The molecule has 0 aromatic heterocycles. The second kappa shape index (κ2) is 7.09. The number of nitrogens with zero attached hydrogens (tertiary/aromatic N) is 1. The molecule has 26 heavy (non-hydrogen) atoms. The Morgan fingerprint density at radius 3 is 2.58 bits per heavy atom. The van der Waals surface area contributed by atoms with Gasteiger partial charge in [-0.2, -0.15) is 0 Å². The molecule has 138 valence electrons. The fourth-order valence-electron chi connectivity index (χ4n) is 3.22. The van der Waals surface area contributed by atoms with E-state index >= 15 is 0 Å². The summed E-state index contributed by atoms with van der Waals surface area (Å²) in [7, 11) is -3.87. The van der Waals surface area contributed by atoms with Crippen LogP contribution in [0.3, 0.4) is 0 Å². The molecule has 1 atom stereocenters. The second-order valence-electron chi connectivity index (χ2n) is 6.30. The Labute approximate surface area is 160 Å². The van der Waals surface area contributed by atoms with E-state index < -0.39 is 10.0 Å². The minimum atomic E-state index is -3.87. The summed E-state index contributed by atoms with van der Waals surface area (Å²) in [5.74, 6) is -0.582. The van der Waals surface area contributed by atoms with Crippen molar-refractivity contribution in [2.24, 2.45) is 0 Å². The van der Waals surface area contributed by atoms with Gasteiger partial charge in [0.05, 0.1) is 5.69 Å². The normalized spacial score (nSPS) is 16.6. The average molecular weight is 441 g/mol. The van der Waals surface area contributed by atoms with Crippen LogP contribution in [0.15, 0.2) is 45.8 Å². The minimum Gasteiger partial charge on any atom is -0.308 e. The van der Waals surface area contributed by atoms with Crippen LogP contribution in [0, 0.1) is 5.82 Å². The highest BCUT2D eigenvalue weighted by Gasteiger charge is 2.35. The van der Waals surface area contributed by atoms with Crippen LogP contribution in [0.4, 0.5) is 10.1 Å². The quantitative estimate of drug-likeness (QED) is 0.792. The minimum absolute atomic E-state index is 0.0273. The van der Waals surface area contributed by atoms with Gasteiger partial charge in [-0.25, -0.2) is 17.5 Å². The summed E-state index contributed by atoms with van der Waals surface area (Å²) >= 11 is 3.35. The highest BCUT2D eigenvalue weighted by Crippen LogP contribution is 2.40. The second-order valence-corrected chi connectivity index (χ2v) is 8.96. The highest BCUT2D eigenvalue weighted by atomic mass is 79.9. The van der Waals surface area contributed by atoms with Crippen molar-refractivity contribution in [3.05, 3.63) is 57.8 Å². The Morgan fingerprint density at radius 1 is 1.31 bits per heavy atom.